The Balaban J connectivity index is 2.09. The van der Waals surface area contributed by atoms with E-state index in [0.717, 1.165) is 11.1 Å². The molecular weight excluding hydrogens is 425 g/mol. The lowest BCUT2D eigenvalue weighted by Gasteiger charge is -2.27. The highest BCUT2D eigenvalue weighted by Gasteiger charge is 2.34. The third kappa shape index (κ3) is 5.01. The first kappa shape index (κ1) is 21.9. The predicted octanol–water partition coefficient (Wildman–Crippen LogP) is 4.22. The highest BCUT2D eigenvalue weighted by atomic mass is 35.5. The fraction of sp³-hybridized carbons (Fsp3) is 0.227. The summed E-state index contributed by atoms with van der Waals surface area (Å²) >= 11 is 12.4. The normalized spacial score (nSPS) is 11.9. The number of carbonyl (C=O) groups is 2. The van der Waals surface area contributed by atoms with E-state index >= 15 is 0 Å². The maximum Gasteiger partial charge on any atom is 0.329 e. The monoisotopic (exact) mass is 445 g/mol. The third-order valence-electron chi connectivity index (χ3n) is 4.63. The number of aromatic nitrogens is 2. The Morgan fingerprint density at radius 1 is 1.07 bits per heavy atom. The Morgan fingerprint density at radius 3 is 2.13 bits per heavy atom. The van der Waals surface area contributed by atoms with Gasteiger partial charge >= 0.3 is 5.97 Å². The van der Waals surface area contributed by atoms with Gasteiger partial charge in [-0.2, -0.15) is 5.10 Å². The fourth-order valence-corrected chi connectivity index (χ4v) is 3.70. The summed E-state index contributed by atoms with van der Waals surface area (Å²) in [4.78, 5) is 25.9. The maximum absolute atomic E-state index is 13.0. The lowest BCUT2D eigenvalue weighted by Crippen LogP contribution is -2.46. The van der Waals surface area contributed by atoms with Crippen molar-refractivity contribution in [2.24, 2.45) is 7.05 Å². The number of aryl methyl sites for hydroxylation is 1. The number of nitrogens with zero attached hydrogens (tertiary/aromatic N) is 2. The molecule has 1 heterocycles. The average Bonchev–Trinajstić information content (AvgIpc) is 3.14. The molecule has 1 aromatic heterocycles. The van der Waals surface area contributed by atoms with Gasteiger partial charge in [-0.05, 0) is 48.4 Å². The maximum atomic E-state index is 13.0. The van der Waals surface area contributed by atoms with E-state index in [-0.39, 0.29) is 6.61 Å². The Kier molecular flexibility index (Phi) is 7.13. The van der Waals surface area contributed by atoms with E-state index in [1.165, 1.54) is 10.9 Å². The number of rotatable bonds is 7. The van der Waals surface area contributed by atoms with Crippen LogP contribution in [0.15, 0.2) is 60.8 Å². The highest BCUT2D eigenvalue weighted by molar-refractivity contribution is 6.31. The number of hydrogen-bond acceptors (Lipinski definition) is 4. The molecule has 3 rings (SSSR count). The minimum absolute atomic E-state index is 0.175. The summed E-state index contributed by atoms with van der Waals surface area (Å²) in [5, 5.41) is 7.86. The zero-order valence-corrected chi connectivity index (χ0v) is 18.0. The first-order valence-corrected chi connectivity index (χ1v) is 10.1. The minimum atomic E-state index is -1.01. The van der Waals surface area contributed by atoms with E-state index < -0.39 is 23.8 Å². The highest BCUT2D eigenvalue weighted by Crippen LogP contribution is 2.32. The number of amides is 1. The molecule has 0 fully saturated rings. The summed E-state index contributed by atoms with van der Waals surface area (Å²) in [5.41, 5.74) is 1.81. The molecule has 0 saturated heterocycles. The molecule has 30 heavy (non-hydrogen) atoms. The quantitative estimate of drug-likeness (QED) is 0.552. The SMILES string of the molecule is CCOC(=O)C(NC(=O)c1ccnn1C)C(c1cccc(Cl)c1)c1cccc(Cl)c1. The van der Waals surface area contributed by atoms with E-state index in [9.17, 15) is 9.59 Å². The number of ether oxygens (including phenoxy) is 1. The summed E-state index contributed by atoms with van der Waals surface area (Å²) in [6.45, 7) is 1.89. The standard InChI is InChI=1S/C22H21Cl2N3O3/c1-3-30-22(29)20(26-21(28)18-10-11-25-27(18)2)19(14-6-4-8-16(23)12-14)15-7-5-9-17(24)13-15/h4-13,19-20H,3H2,1-2H3,(H,26,28). The first-order chi connectivity index (χ1) is 14.4. The van der Waals surface area contributed by atoms with Gasteiger partial charge in [0.15, 0.2) is 0 Å². The third-order valence-corrected chi connectivity index (χ3v) is 5.10. The van der Waals surface area contributed by atoms with Gasteiger partial charge in [-0.1, -0.05) is 47.5 Å². The molecule has 6 nitrogen and oxygen atoms in total. The van der Waals surface area contributed by atoms with Crippen LogP contribution in [0.2, 0.25) is 10.0 Å². The number of esters is 1. The van der Waals surface area contributed by atoms with Crippen LogP contribution in [0, 0.1) is 0 Å². The summed E-state index contributed by atoms with van der Waals surface area (Å²) in [6.07, 6.45) is 1.51. The van der Waals surface area contributed by atoms with Crippen LogP contribution >= 0.6 is 23.2 Å². The lowest BCUT2D eigenvalue weighted by molar-refractivity contribution is -0.145. The zero-order chi connectivity index (χ0) is 21.7. The molecule has 1 amide bonds. The fourth-order valence-electron chi connectivity index (χ4n) is 3.30. The van der Waals surface area contributed by atoms with Crippen molar-refractivity contribution < 1.29 is 14.3 Å². The Bertz CT molecular complexity index is 1010. The Hall–Kier alpha value is -2.83. The second-order valence-corrected chi connectivity index (χ2v) is 7.50. The number of benzene rings is 2. The number of carbonyl (C=O) groups excluding carboxylic acids is 2. The second kappa shape index (κ2) is 9.78. The van der Waals surface area contributed by atoms with Crippen molar-refractivity contribution in [3.05, 3.63) is 87.7 Å². The lowest BCUT2D eigenvalue weighted by atomic mass is 9.84. The summed E-state index contributed by atoms with van der Waals surface area (Å²) in [5.74, 6) is -1.57. The van der Waals surface area contributed by atoms with Crippen molar-refractivity contribution in [2.75, 3.05) is 6.61 Å². The van der Waals surface area contributed by atoms with E-state index in [1.54, 1.807) is 56.4 Å². The van der Waals surface area contributed by atoms with Crippen molar-refractivity contribution in [3.8, 4) is 0 Å². The van der Waals surface area contributed by atoms with Crippen molar-refractivity contribution in [1.82, 2.24) is 15.1 Å². The summed E-state index contributed by atoms with van der Waals surface area (Å²) in [6, 6.07) is 14.8. The van der Waals surface area contributed by atoms with Gasteiger partial charge in [0.2, 0.25) is 0 Å². The first-order valence-electron chi connectivity index (χ1n) is 9.37. The van der Waals surface area contributed by atoms with E-state index in [0.29, 0.717) is 15.7 Å². The van der Waals surface area contributed by atoms with Crippen LogP contribution in [-0.4, -0.2) is 34.3 Å². The Labute approximate surface area is 184 Å². The van der Waals surface area contributed by atoms with Gasteiger partial charge in [-0.3, -0.25) is 9.48 Å². The average molecular weight is 446 g/mol. The molecule has 156 valence electrons. The van der Waals surface area contributed by atoms with Crippen LogP contribution in [-0.2, 0) is 16.6 Å². The van der Waals surface area contributed by atoms with Gasteiger partial charge < -0.3 is 10.1 Å². The molecule has 0 saturated carbocycles. The van der Waals surface area contributed by atoms with E-state index in [1.807, 2.05) is 12.1 Å². The second-order valence-electron chi connectivity index (χ2n) is 6.63. The van der Waals surface area contributed by atoms with Crippen LogP contribution in [0.1, 0.15) is 34.5 Å². The number of hydrogen-bond donors (Lipinski definition) is 1. The molecule has 0 radical (unpaired) electrons. The van der Waals surface area contributed by atoms with Crippen molar-refractivity contribution >= 4 is 35.1 Å². The molecule has 1 N–H and O–H groups in total. The smallest absolute Gasteiger partial charge is 0.329 e. The molecule has 0 aliphatic rings. The number of halogens is 2. The molecule has 1 atom stereocenters. The largest absolute Gasteiger partial charge is 0.464 e. The van der Waals surface area contributed by atoms with Gasteiger partial charge in [0.05, 0.1) is 6.61 Å². The van der Waals surface area contributed by atoms with Crippen LogP contribution in [0.25, 0.3) is 0 Å². The summed E-state index contributed by atoms with van der Waals surface area (Å²) in [7, 11) is 1.65. The van der Waals surface area contributed by atoms with Gasteiger partial charge in [0.1, 0.15) is 11.7 Å². The molecule has 2 aromatic carbocycles. The van der Waals surface area contributed by atoms with Crippen molar-refractivity contribution in [2.45, 2.75) is 18.9 Å². The van der Waals surface area contributed by atoms with Crippen LogP contribution in [0.3, 0.4) is 0 Å². The molecule has 3 aromatic rings. The molecule has 8 heteroatoms. The van der Waals surface area contributed by atoms with Crippen LogP contribution in [0.5, 0.6) is 0 Å². The summed E-state index contributed by atoms with van der Waals surface area (Å²) < 4.78 is 6.73. The van der Waals surface area contributed by atoms with Gasteiger partial charge in [-0.15, -0.1) is 0 Å². The molecular formula is C22H21Cl2N3O3. The zero-order valence-electron chi connectivity index (χ0n) is 16.5. The molecule has 0 aliphatic carbocycles. The van der Waals surface area contributed by atoms with Crippen molar-refractivity contribution in [1.29, 1.82) is 0 Å². The van der Waals surface area contributed by atoms with E-state index in [4.69, 9.17) is 27.9 Å². The van der Waals surface area contributed by atoms with Gasteiger partial charge in [0, 0.05) is 29.2 Å². The molecule has 0 spiro atoms. The number of nitrogens with one attached hydrogen (secondary N) is 1. The predicted molar refractivity (Wildman–Crippen MR) is 116 cm³/mol. The van der Waals surface area contributed by atoms with Crippen LogP contribution < -0.4 is 5.32 Å². The van der Waals surface area contributed by atoms with Gasteiger partial charge in [0.25, 0.3) is 5.91 Å². The van der Waals surface area contributed by atoms with Crippen LogP contribution in [0.4, 0.5) is 0 Å². The molecule has 1 unspecified atom stereocenters. The van der Waals surface area contributed by atoms with E-state index in [2.05, 4.69) is 10.4 Å². The minimum Gasteiger partial charge on any atom is -0.464 e. The van der Waals surface area contributed by atoms with Gasteiger partial charge in [-0.25, -0.2) is 4.79 Å². The van der Waals surface area contributed by atoms with Crippen molar-refractivity contribution in [3.63, 3.8) is 0 Å². The molecule has 0 bridgehead atoms. The molecule has 0 aliphatic heterocycles. The topological polar surface area (TPSA) is 73.2 Å². The Morgan fingerprint density at radius 2 is 1.67 bits per heavy atom.